The van der Waals surface area contributed by atoms with Crippen molar-refractivity contribution in [3.8, 4) is 5.69 Å². The molecule has 180 valence electrons. The van der Waals surface area contributed by atoms with Crippen molar-refractivity contribution in [3.05, 3.63) is 90.3 Å². The number of hydrogen-bond acceptors (Lipinski definition) is 7. The van der Waals surface area contributed by atoms with E-state index in [1.54, 1.807) is 24.3 Å². The molecule has 0 aliphatic carbocycles. The van der Waals surface area contributed by atoms with Crippen LogP contribution in [0, 0.1) is 13.8 Å². The lowest BCUT2D eigenvalue weighted by Crippen LogP contribution is -2.36. The number of carbonyl (C=O) groups is 1. The molecule has 4 aromatic rings. The molecule has 2 heterocycles. The van der Waals surface area contributed by atoms with Gasteiger partial charge in [0.15, 0.2) is 10.9 Å². The Hall–Kier alpha value is -3.92. The predicted molar refractivity (Wildman–Crippen MR) is 138 cm³/mol. The number of nitrogens with one attached hydrogen (secondary N) is 1. The van der Waals surface area contributed by atoms with E-state index in [2.05, 4.69) is 9.97 Å². The lowest BCUT2D eigenvalue weighted by atomic mass is 10.1. The number of rotatable bonds is 7. The molecule has 0 bridgehead atoms. The molecule has 0 amide bonds. The lowest BCUT2D eigenvalue weighted by molar-refractivity contribution is 0.102. The first-order chi connectivity index (χ1) is 16.7. The van der Waals surface area contributed by atoms with E-state index in [1.807, 2.05) is 39.0 Å². The van der Waals surface area contributed by atoms with E-state index < -0.39 is 17.0 Å². The third kappa shape index (κ3) is 4.57. The van der Waals surface area contributed by atoms with Crippen LogP contribution in [-0.2, 0) is 6.54 Å². The van der Waals surface area contributed by atoms with Gasteiger partial charge in [0.25, 0.3) is 11.1 Å². The van der Waals surface area contributed by atoms with E-state index in [9.17, 15) is 19.2 Å². The number of H-pyrrole nitrogens is 1. The monoisotopic (exact) mass is 491 g/mol. The standard InChI is InChI=1S/C25H25N5O4S/c1-4-11-29-21(26)20(22(32)28-24(29)34)19(31)13-35-25-27-18-8-6-5-7-17(18)23(33)30(25)16-10-9-14(2)15(3)12-16/h5-10,12H,4,11,13,26H2,1-3H3,(H,28,32,34). The normalized spacial score (nSPS) is 11.2. The summed E-state index contributed by atoms with van der Waals surface area (Å²) < 4.78 is 2.65. The molecule has 0 radical (unpaired) electrons. The smallest absolute Gasteiger partial charge is 0.329 e. The second-order valence-electron chi connectivity index (χ2n) is 8.20. The summed E-state index contributed by atoms with van der Waals surface area (Å²) in [6, 6.07) is 12.6. The Labute approximate surface area is 204 Å². The molecule has 10 heteroatoms. The molecule has 0 atom stereocenters. The number of nitrogen functional groups attached to an aromatic ring is 1. The third-order valence-corrected chi connectivity index (χ3v) is 6.73. The minimum atomic E-state index is -0.830. The zero-order chi connectivity index (χ0) is 25.3. The average Bonchev–Trinajstić information content (AvgIpc) is 2.82. The molecule has 0 unspecified atom stereocenters. The highest BCUT2D eigenvalue weighted by Crippen LogP contribution is 2.24. The number of carbonyl (C=O) groups excluding carboxylic acids is 1. The van der Waals surface area contributed by atoms with Gasteiger partial charge < -0.3 is 5.73 Å². The molecule has 0 aliphatic rings. The van der Waals surface area contributed by atoms with Gasteiger partial charge in [0.2, 0.25) is 0 Å². The highest BCUT2D eigenvalue weighted by atomic mass is 32.2. The Bertz CT molecular complexity index is 1630. The van der Waals surface area contributed by atoms with Gasteiger partial charge in [0.05, 0.1) is 22.3 Å². The number of para-hydroxylation sites is 1. The number of aromatic amines is 1. The maximum atomic E-state index is 13.4. The van der Waals surface area contributed by atoms with Crippen molar-refractivity contribution in [2.75, 3.05) is 11.5 Å². The summed E-state index contributed by atoms with van der Waals surface area (Å²) in [5.41, 5.74) is 7.23. The van der Waals surface area contributed by atoms with Crippen molar-refractivity contribution in [2.45, 2.75) is 38.9 Å². The number of ketones is 1. The summed E-state index contributed by atoms with van der Waals surface area (Å²) in [5.74, 6) is -0.926. The second-order valence-corrected chi connectivity index (χ2v) is 9.15. The maximum Gasteiger partial charge on any atom is 0.329 e. The fourth-order valence-corrected chi connectivity index (χ4v) is 4.69. The Morgan fingerprint density at radius 2 is 1.83 bits per heavy atom. The first-order valence-corrected chi connectivity index (χ1v) is 12.1. The molecule has 0 saturated carbocycles. The van der Waals surface area contributed by atoms with Crippen molar-refractivity contribution in [1.29, 1.82) is 0 Å². The molecule has 0 spiro atoms. The van der Waals surface area contributed by atoms with E-state index in [-0.39, 0.29) is 29.2 Å². The summed E-state index contributed by atoms with van der Waals surface area (Å²) in [7, 11) is 0. The Morgan fingerprint density at radius 1 is 1.09 bits per heavy atom. The number of thioether (sulfide) groups is 1. The molecule has 4 rings (SSSR count). The Balaban J connectivity index is 1.79. The molecule has 2 aromatic carbocycles. The van der Waals surface area contributed by atoms with Crippen molar-refractivity contribution in [3.63, 3.8) is 0 Å². The highest BCUT2D eigenvalue weighted by Gasteiger charge is 2.21. The molecule has 9 nitrogen and oxygen atoms in total. The van der Waals surface area contributed by atoms with Gasteiger partial charge in [0, 0.05) is 6.54 Å². The van der Waals surface area contributed by atoms with Gasteiger partial charge in [-0.2, -0.15) is 0 Å². The minimum Gasteiger partial charge on any atom is -0.384 e. The molecular formula is C25H25N5O4S. The average molecular weight is 492 g/mol. The Kier molecular flexibility index (Phi) is 6.74. The van der Waals surface area contributed by atoms with Gasteiger partial charge in [0.1, 0.15) is 11.4 Å². The van der Waals surface area contributed by atoms with Crippen LogP contribution in [0.3, 0.4) is 0 Å². The number of Topliss-reactive ketones (excluding diaryl/α,β-unsaturated/α-hetero) is 1. The number of hydrogen-bond donors (Lipinski definition) is 2. The number of anilines is 1. The third-order valence-electron chi connectivity index (χ3n) is 5.79. The summed E-state index contributed by atoms with van der Waals surface area (Å²) in [6.45, 7) is 6.06. The second kappa shape index (κ2) is 9.75. The van der Waals surface area contributed by atoms with Crippen LogP contribution in [0.2, 0.25) is 0 Å². The Morgan fingerprint density at radius 3 is 2.54 bits per heavy atom. The first kappa shape index (κ1) is 24.2. The van der Waals surface area contributed by atoms with Crippen LogP contribution in [0.4, 0.5) is 5.82 Å². The largest absolute Gasteiger partial charge is 0.384 e. The fourth-order valence-electron chi connectivity index (χ4n) is 3.81. The summed E-state index contributed by atoms with van der Waals surface area (Å²) >= 11 is 1.03. The number of aromatic nitrogens is 4. The van der Waals surface area contributed by atoms with Crippen LogP contribution in [0.25, 0.3) is 16.6 Å². The molecule has 35 heavy (non-hydrogen) atoms. The fraction of sp³-hybridized carbons (Fsp3) is 0.240. The van der Waals surface area contributed by atoms with Crippen molar-refractivity contribution in [1.82, 2.24) is 19.1 Å². The summed E-state index contributed by atoms with van der Waals surface area (Å²) in [4.78, 5) is 57.8. The van der Waals surface area contributed by atoms with Crippen LogP contribution in [-0.4, -0.2) is 30.6 Å². The number of aryl methyl sites for hydroxylation is 2. The van der Waals surface area contributed by atoms with E-state index in [1.165, 1.54) is 9.13 Å². The maximum absolute atomic E-state index is 13.4. The van der Waals surface area contributed by atoms with E-state index in [0.29, 0.717) is 28.2 Å². The van der Waals surface area contributed by atoms with Gasteiger partial charge in [-0.05, 0) is 55.7 Å². The molecule has 0 aliphatic heterocycles. The highest BCUT2D eigenvalue weighted by molar-refractivity contribution is 7.99. The molecular weight excluding hydrogens is 466 g/mol. The van der Waals surface area contributed by atoms with E-state index in [4.69, 9.17) is 5.73 Å². The SMILES string of the molecule is CCCn1c(N)c(C(=O)CSc2nc3ccccc3c(=O)n2-c2ccc(C)c(C)c2)c(=O)[nH]c1=O. The molecule has 0 fully saturated rings. The number of nitrogens with two attached hydrogens (primary N) is 1. The van der Waals surface area contributed by atoms with Crippen molar-refractivity contribution < 1.29 is 4.79 Å². The number of benzene rings is 2. The summed E-state index contributed by atoms with van der Waals surface area (Å²) in [5, 5.41) is 0.760. The van der Waals surface area contributed by atoms with Gasteiger partial charge in [-0.1, -0.05) is 36.9 Å². The summed E-state index contributed by atoms with van der Waals surface area (Å²) in [6.07, 6.45) is 0.599. The lowest BCUT2D eigenvalue weighted by Gasteiger charge is -2.15. The van der Waals surface area contributed by atoms with Crippen LogP contribution in [0.5, 0.6) is 0 Å². The van der Waals surface area contributed by atoms with Crippen molar-refractivity contribution in [2.24, 2.45) is 0 Å². The zero-order valence-corrected chi connectivity index (χ0v) is 20.4. The van der Waals surface area contributed by atoms with Crippen LogP contribution in [0.1, 0.15) is 34.8 Å². The van der Waals surface area contributed by atoms with E-state index >= 15 is 0 Å². The predicted octanol–water partition coefficient (Wildman–Crippen LogP) is 2.82. The number of nitrogens with zero attached hydrogens (tertiary/aromatic N) is 3. The first-order valence-electron chi connectivity index (χ1n) is 11.1. The van der Waals surface area contributed by atoms with Gasteiger partial charge in [-0.25, -0.2) is 9.78 Å². The van der Waals surface area contributed by atoms with Gasteiger partial charge in [-0.15, -0.1) is 0 Å². The number of fused-ring (bicyclic) bond motifs is 1. The van der Waals surface area contributed by atoms with Crippen LogP contribution >= 0.6 is 11.8 Å². The zero-order valence-electron chi connectivity index (χ0n) is 19.6. The quantitative estimate of drug-likeness (QED) is 0.231. The molecule has 0 saturated heterocycles. The van der Waals surface area contributed by atoms with Gasteiger partial charge >= 0.3 is 5.69 Å². The van der Waals surface area contributed by atoms with Crippen molar-refractivity contribution >= 4 is 34.3 Å². The van der Waals surface area contributed by atoms with E-state index in [0.717, 1.165) is 22.9 Å². The minimum absolute atomic E-state index is 0.163. The molecule has 2 aromatic heterocycles. The van der Waals surface area contributed by atoms with Crippen LogP contribution in [0.15, 0.2) is 62.0 Å². The molecule has 3 N–H and O–H groups in total. The van der Waals surface area contributed by atoms with Crippen LogP contribution < -0.4 is 22.5 Å². The van der Waals surface area contributed by atoms with Gasteiger partial charge in [-0.3, -0.25) is 28.5 Å². The topological polar surface area (TPSA) is 133 Å².